The van der Waals surface area contributed by atoms with Gasteiger partial charge in [0.05, 0.1) is 10.8 Å². The minimum atomic E-state index is -0.262. The molecule has 0 saturated heterocycles. The number of aromatic nitrogens is 2. The lowest BCUT2D eigenvalue weighted by atomic mass is 10.2. The monoisotopic (exact) mass is 337 g/mol. The summed E-state index contributed by atoms with van der Waals surface area (Å²) in [5.74, 6) is 0.678. The zero-order chi connectivity index (χ0) is 17.1. The van der Waals surface area contributed by atoms with Crippen LogP contribution in [-0.4, -0.2) is 21.1 Å². The molecule has 24 heavy (non-hydrogen) atoms. The van der Waals surface area contributed by atoms with Crippen molar-refractivity contribution in [2.24, 2.45) is 0 Å². The summed E-state index contributed by atoms with van der Waals surface area (Å²) >= 11 is 1.46. The molecule has 1 N–H and O–H groups in total. The highest BCUT2D eigenvalue weighted by atomic mass is 32.2. The van der Waals surface area contributed by atoms with Crippen molar-refractivity contribution < 1.29 is 4.79 Å². The Hall–Kier alpha value is -2.40. The van der Waals surface area contributed by atoms with Gasteiger partial charge in [0, 0.05) is 11.1 Å². The molecule has 4 nitrogen and oxygen atoms in total. The highest BCUT2D eigenvalue weighted by molar-refractivity contribution is 8.00. The third-order valence-corrected chi connectivity index (χ3v) is 4.84. The van der Waals surface area contributed by atoms with Crippen LogP contribution in [0.2, 0.25) is 0 Å². The van der Waals surface area contributed by atoms with Crippen LogP contribution < -0.4 is 5.32 Å². The van der Waals surface area contributed by atoms with Gasteiger partial charge in [-0.25, -0.2) is 9.97 Å². The Morgan fingerprint density at radius 2 is 1.75 bits per heavy atom. The minimum Gasteiger partial charge on any atom is -0.325 e. The number of aryl methyl sites for hydroxylation is 2. The van der Waals surface area contributed by atoms with Crippen LogP contribution in [0.25, 0.3) is 10.9 Å². The van der Waals surface area contributed by atoms with E-state index in [1.54, 1.807) is 0 Å². The van der Waals surface area contributed by atoms with Gasteiger partial charge in [-0.05, 0) is 38.5 Å². The van der Waals surface area contributed by atoms with Gasteiger partial charge in [0.15, 0.2) is 0 Å². The molecule has 0 bridgehead atoms. The molecule has 1 unspecified atom stereocenters. The predicted octanol–water partition coefficient (Wildman–Crippen LogP) is 4.37. The van der Waals surface area contributed by atoms with Crippen LogP contribution in [0.15, 0.2) is 53.6 Å². The van der Waals surface area contributed by atoms with Crippen molar-refractivity contribution >= 4 is 34.3 Å². The van der Waals surface area contributed by atoms with E-state index in [4.69, 9.17) is 0 Å². The molecule has 1 amide bonds. The minimum absolute atomic E-state index is 0.0327. The molecule has 1 aromatic heterocycles. The summed E-state index contributed by atoms with van der Waals surface area (Å²) < 4.78 is 0. The Morgan fingerprint density at radius 3 is 2.54 bits per heavy atom. The molecular weight excluding hydrogens is 318 g/mol. The second kappa shape index (κ2) is 7.01. The highest BCUT2D eigenvalue weighted by Crippen LogP contribution is 2.29. The standard InChI is InChI=1S/C19H19N3OS/c1-12-8-4-6-10-16(12)22-18(23)13(2)24-19-15-9-5-7-11-17(15)20-14(3)21-19/h4-11,13H,1-3H3,(H,22,23). The van der Waals surface area contributed by atoms with E-state index in [0.717, 1.165) is 27.2 Å². The summed E-state index contributed by atoms with van der Waals surface area (Å²) in [6, 6.07) is 15.6. The Labute approximate surface area is 145 Å². The van der Waals surface area contributed by atoms with Gasteiger partial charge in [-0.2, -0.15) is 0 Å². The average Bonchev–Trinajstić information content (AvgIpc) is 2.56. The van der Waals surface area contributed by atoms with Crippen molar-refractivity contribution in [3.8, 4) is 0 Å². The molecule has 0 radical (unpaired) electrons. The molecule has 122 valence electrons. The summed E-state index contributed by atoms with van der Waals surface area (Å²) in [5, 5.41) is 4.54. The topological polar surface area (TPSA) is 54.9 Å². The van der Waals surface area contributed by atoms with Crippen molar-refractivity contribution in [1.29, 1.82) is 0 Å². The smallest absolute Gasteiger partial charge is 0.237 e. The Morgan fingerprint density at radius 1 is 1.04 bits per heavy atom. The molecule has 0 aliphatic heterocycles. The molecule has 0 saturated carbocycles. The van der Waals surface area contributed by atoms with Gasteiger partial charge in [0.25, 0.3) is 0 Å². The van der Waals surface area contributed by atoms with Gasteiger partial charge in [-0.3, -0.25) is 4.79 Å². The van der Waals surface area contributed by atoms with E-state index in [0.29, 0.717) is 5.82 Å². The van der Waals surface area contributed by atoms with Gasteiger partial charge >= 0.3 is 0 Å². The van der Waals surface area contributed by atoms with Gasteiger partial charge in [0.1, 0.15) is 10.9 Å². The Bertz CT molecular complexity index is 895. The molecule has 5 heteroatoms. The molecule has 3 rings (SSSR count). The number of nitrogens with one attached hydrogen (secondary N) is 1. The number of nitrogens with zero attached hydrogens (tertiary/aromatic N) is 2. The van der Waals surface area contributed by atoms with Crippen molar-refractivity contribution in [1.82, 2.24) is 9.97 Å². The SMILES string of the molecule is Cc1nc(SC(C)C(=O)Nc2ccccc2C)c2ccccc2n1. The van der Waals surface area contributed by atoms with Crippen LogP contribution in [-0.2, 0) is 4.79 Å². The summed E-state index contributed by atoms with van der Waals surface area (Å²) in [5.41, 5.74) is 2.80. The lowest BCUT2D eigenvalue weighted by molar-refractivity contribution is -0.115. The molecule has 1 heterocycles. The predicted molar refractivity (Wildman–Crippen MR) is 99.4 cm³/mol. The number of hydrogen-bond donors (Lipinski definition) is 1. The molecule has 0 fully saturated rings. The van der Waals surface area contributed by atoms with Gasteiger partial charge in [-0.1, -0.05) is 48.2 Å². The Balaban J connectivity index is 1.81. The normalized spacial score (nSPS) is 12.1. The fourth-order valence-corrected chi connectivity index (χ4v) is 3.40. The fourth-order valence-electron chi connectivity index (χ4n) is 2.42. The van der Waals surface area contributed by atoms with E-state index in [1.807, 2.05) is 69.3 Å². The number of fused-ring (bicyclic) bond motifs is 1. The van der Waals surface area contributed by atoms with Gasteiger partial charge < -0.3 is 5.32 Å². The molecule has 2 aromatic carbocycles. The molecular formula is C19H19N3OS. The van der Waals surface area contributed by atoms with Crippen molar-refractivity contribution in [3.05, 3.63) is 59.9 Å². The maximum absolute atomic E-state index is 12.5. The lowest BCUT2D eigenvalue weighted by Gasteiger charge is -2.14. The number of para-hydroxylation sites is 2. The first-order valence-electron chi connectivity index (χ1n) is 7.81. The molecule has 0 aliphatic carbocycles. The van der Waals surface area contributed by atoms with Crippen molar-refractivity contribution in [2.45, 2.75) is 31.0 Å². The number of amides is 1. The number of carbonyl (C=O) groups is 1. The third kappa shape index (κ3) is 3.57. The average molecular weight is 337 g/mol. The first-order chi connectivity index (χ1) is 11.5. The van der Waals surface area contributed by atoms with Crippen LogP contribution >= 0.6 is 11.8 Å². The van der Waals surface area contributed by atoms with Crippen LogP contribution in [0.4, 0.5) is 5.69 Å². The molecule has 0 aliphatic rings. The van der Waals surface area contributed by atoms with E-state index in [2.05, 4.69) is 15.3 Å². The number of carbonyl (C=O) groups excluding carboxylic acids is 1. The van der Waals surface area contributed by atoms with Crippen molar-refractivity contribution in [3.63, 3.8) is 0 Å². The number of rotatable bonds is 4. The quantitative estimate of drug-likeness (QED) is 0.567. The maximum atomic E-state index is 12.5. The summed E-state index contributed by atoms with van der Waals surface area (Å²) in [7, 11) is 0. The van der Waals surface area contributed by atoms with Crippen LogP contribution in [0.5, 0.6) is 0 Å². The van der Waals surface area contributed by atoms with Crippen LogP contribution in [0, 0.1) is 13.8 Å². The van der Waals surface area contributed by atoms with Crippen LogP contribution in [0.3, 0.4) is 0 Å². The van der Waals surface area contributed by atoms with Gasteiger partial charge in [-0.15, -0.1) is 0 Å². The molecule has 0 spiro atoms. The Kier molecular flexibility index (Phi) is 4.81. The number of thioether (sulfide) groups is 1. The van der Waals surface area contributed by atoms with Crippen LogP contribution in [0.1, 0.15) is 18.3 Å². The number of hydrogen-bond acceptors (Lipinski definition) is 4. The number of anilines is 1. The van der Waals surface area contributed by atoms with E-state index in [-0.39, 0.29) is 11.2 Å². The highest BCUT2D eigenvalue weighted by Gasteiger charge is 2.18. The van der Waals surface area contributed by atoms with E-state index in [1.165, 1.54) is 11.8 Å². The molecule has 3 aromatic rings. The zero-order valence-electron chi connectivity index (χ0n) is 13.9. The van der Waals surface area contributed by atoms with E-state index >= 15 is 0 Å². The summed E-state index contributed by atoms with van der Waals surface area (Å²) in [4.78, 5) is 21.5. The van der Waals surface area contributed by atoms with E-state index in [9.17, 15) is 4.79 Å². The second-order valence-corrected chi connectivity index (χ2v) is 6.99. The van der Waals surface area contributed by atoms with Crippen molar-refractivity contribution in [2.75, 3.05) is 5.32 Å². The zero-order valence-corrected chi connectivity index (χ0v) is 14.7. The van der Waals surface area contributed by atoms with Gasteiger partial charge in [0.2, 0.25) is 5.91 Å². The first kappa shape index (κ1) is 16.5. The molecule has 1 atom stereocenters. The largest absolute Gasteiger partial charge is 0.325 e. The maximum Gasteiger partial charge on any atom is 0.237 e. The fraction of sp³-hybridized carbons (Fsp3) is 0.211. The lowest BCUT2D eigenvalue weighted by Crippen LogP contribution is -2.23. The summed E-state index contributed by atoms with van der Waals surface area (Å²) in [6.45, 7) is 5.74. The number of benzene rings is 2. The third-order valence-electron chi connectivity index (χ3n) is 3.74. The second-order valence-electron chi connectivity index (χ2n) is 5.66. The summed E-state index contributed by atoms with van der Waals surface area (Å²) in [6.07, 6.45) is 0. The van der Waals surface area contributed by atoms with E-state index < -0.39 is 0 Å². The first-order valence-corrected chi connectivity index (χ1v) is 8.69.